The molecule has 1 atom stereocenters. The maximum atomic E-state index is 12.3. The van der Waals surface area contributed by atoms with Gasteiger partial charge in [-0.25, -0.2) is 0 Å². The van der Waals surface area contributed by atoms with Gasteiger partial charge in [0, 0.05) is 12.1 Å². The van der Waals surface area contributed by atoms with E-state index in [4.69, 9.17) is 34.8 Å². The molecule has 0 aliphatic heterocycles. The topological polar surface area (TPSA) is 41.1 Å². The Labute approximate surface area is 198 Å². The predicted octanol–water partition coefficient (Wildman–Crippen LogP) is 8.31. The quantitative estimate of drug-likeness (QED) is 0.143. The normalized spacial score (nSPS) is 12.6. The van der Waals surface area contributed by atoms with Crippen molar-refractivity contribution >= 4 is 46.4 Å². The van der Waals surface area contributed by atoms with Gasteiger partial charge in [0.05, 0.1) is 0 Å². The first kappa shape index (κ1) is 27.4. The monoisotopic (exact) mass is 476 g/mol. The van der Waals surface area contributed by atoms with Gasteiger partial charge in [-0.2, -0.15) is 0 Å². The number of hydrogen-bond donors (Lipinski definition) is 2. The van der Waals surface area contributed by atoms with Crippen molar-refractivity contribution in [3.05, 3.63) is 29.8 Å². The van der Waals surface area contributed by atoms with Crippen LogP contribution < -0.4 is 10.6 Å². The van der Waals surface area contributed by atoms with Crippen molar-refractivity contribution in [1.29, 1.82) is 0 Å². The van der Waals surface area contributed by atoms with E-state index in [1.54, 1.807) is 0 Å². The van der Waals surface area contributed by atoms with Crippen LogP contribution in [-0.4, -0.2) is 15.9 Å². The lowest BCUT2D eigenvalue weighted by Crippen LogP contribution is -2.49. The number of rotatable bonds is 16. The molecule has 172 valence electrons. The molecule has 6 heteroatoms. The first-order valence-corrected chi connectivity index (χ1v) is 12.7. The van der Waals surface area contributed by atoms with Crippen LogP contribution >= 0.6 is 34.8 Å². The molecule has 0 heterocycles. The van der Waals surface area contributed by atoms with Gasteiger partial charge in [-0.1, -0.05) is 124 Å². The van der Waals surface area contributed by atoms with Crippen LogP contribution in [0.15, 0.2) is 24.3 Å². The summed E-state index contributed by atoms with van der Waals surface area (Å²) in [5.74, 6) is -0.0986. The number of anilines is 1. The van der Waals surface area contributed by atoms with Crippen LogP contribution in [-0.2, 0) is 4.79 Å². The predicted molar refractivity (Wildman–Crippen MR) is 133 cm³/mol. The second-order valence-electron chi connectivity index (χ2n) is 8.20. The Kier molecular flexibility index (Phi) is 14.7. The molecule has 0 saturated heterocycles. The van der Waals surface area contributed by atoms with E-state index in [0.29, 0.717) is 6.42 Å². The SMILES string of the molecule is CCCCCCCCCCCCCCC(=O)NC(Nc1cccc(C)c1)C(Cl)(Cl)Cl. The van der Waals surface area contributed by atoms with Gasteiger partial charge in [-0.15, -0.1) is 0 Å². The summed E-state index contributed by atoms with van der Waals surface area (Å²) in [6.07, 6.45) is 14.9. The van der Waals surface area contributed by atoms with Crippen molar-refractivity contribution in [3.63, 3.8) is 0 Å². The van der Waals surface area contributed by atoms with E-state index in [2.05, 4.69) is 17.6 Å². The third kappa shape index (κ3) is 13.6. The van der Waals surface area contributed by atoms with E-state index in [0.717, 1.165) is 24.1 Å². The molecule has 0 aliphatic rings. The van der Waals surface area contributed by atoms with Gasteiger partial charge in [-0.3, -0.25) is 4.79 Å². The Morgan fingerprint density at radius 3 is 1.93 bits per heavy atom. The van der Waals surface area contributed by atoms with Crippen LogP contribution in [0.25, 0.3) is 0 Å². The summed E-state index contributed by atoms with van der Waals surface area (Å²) in [4.78, 5) is 12.3. The number of unbranched alkanes of at least 4 members (excludes halogenated alkanes) is 11. The fourth-order valence-corrected chi connectivity index (χ4v) is 3.79. The van der Waals surface area contributed by atoms with E-state index in [1.807, 2.05) is 31.2 Å². The van der Waals surface area contributed by atoms with E-state index in [9.17, 15) is 4.79 Å². The number of carbonyl (C=O) groups excluding carboxylic acids is 1. The number of halogens is 3. The molecule has 30 heavy (non-hydrogen) atoms. The van der Waals surface area contributed by atoms with Gasteiger partial charge in [0.2, 0.25) is 9.70 Å². The lowest BCUT2D eigenvalue weighted by Gasteiger charge is -2.27. The molecule has 1 aromatic carbocycles. The largest absolute Gasteiger partial charge is 0.362 e. The second-order valence-corrected chi connectivity index (χ2v) is 10.6. The Bertz CT molecular complexity index is 590. The van der Waals surface area contributed by atoms with Crippen molar-refractivity contribution in [1.82, 2.24) is 5.32 Å². The van der Waals surface area contributed by atoms with Crippen LogP contribution in [0.5, 0.6) is 0 Å². The molecule has 1 amide bonds. The molecular weight excluding hydrogens is 439 g/mol. The maximum Gasteiger partial charge on any atom is 0.228 e. The number of hydrogen-bond acceptors (Lipinski definition) is 2. The third-order valence-electron chi connectivity index (χ3n) is 5.22. The van der Waals surface area contributed by atoms with Crippen LogP contribution in [0.3, 0.4) is 0 Å². The maximum absolute atomic E-state index is 12.3. The molecule has 0 bridgehead atoms. The Hall–Kier alpha value is -0.640. The van der Waals surface area contributed by atoms with Crippen molar-refractivity contribution in [2.24, 2.45) is 0 Å². The fourth-order valence-electron chi connectivity index (χ4n) is 3.46. The number of amides is 1. The number of alkyl halides is 3. The number of carbonyl (C=O) groups is 1. The summed E-state index contributed by atoms with van der Waals surface area (Å²) in [6.45, 7) is 4.24. The van der Waals surface area contributed by atoms with E-state index >= 15 is 0 Å². The highest BCUT2D eigenvalue weighted by molar-refractivity contribution is 6.68. The van der Waals surface area contributed by atoms with Gasteiger partial charge in [-0.05, 0) is 31.0 Å². The zero-order chi connectivity index (χ0) is 22.2. The Morgan fingerprint density at radius 2 is 1.43 bits per heavy atom. The average molecular weight is 478 g/mol. The van der Waals surface area contributed by atoms with Gasteiger partial charge >= 0.3 is 0 Å². The number of nitrogens with one attached hydrogen (secondary N) is 2. The minimum absolute atomic E-state index is 0.0986. The molecule has 3 nitrogen and oxygen atoms in total. The van der Waals surface area contributed by atoms with Crippen molar-refractivity contribution < 1.29 is 4.79 Å². The average Bonchev–Trinajstić information content (AvgIpc) is 2.67. The van der Waals surface area contributed by atoms with Crippen molar-refractivity contribution in [3.8, 4) is 0 Å². The zero-order valence-corrected chi connectivity index (χ0v) is 20.9. The first-order chi connectivity index (χ1) is 14.3. The van der Waals surface area contributed by atoms with Crippen LogP contribution in [0.2, 0.25) is 0 Å². The van der Waals surface area contributed by atoms with Crippen molar-refractivity contribution in [2.75, 3.05) is 5.32 Å². The van der Waals surface area contributed by atoms with Crippen molar-refractivity contribution in [2.45, 2.75) is 107 Å². The highest BCUT2D eigenvalue weighted by Gasteiger charge is 2.33. The molecule has 0 fully saturated rings. The van der Waals surface area contributed by atoms with Gasteiger partial charge in [0.15, 0.2) is 0 Å². The zero-order valence-electron chi connectivity index (χ0n) is 18.6. The van der Waals surface area contributed by atoms with Gasteiger partial charge < -0.3 is 10.6 Å². The fraction of sp³-hybridized carbons (Fsp3) is 0.708. The Morgan fingerprint density at radius 1 is 0.900 bits per heavy atom. The molecule has 2 N–H and O–H groups in total. The van der Waals surface area contributed by atoms with Crippen LogP contribution in [0, 0.1) is 6.92 Å². The molecule has 1 unspecified atom stereocenters. The Balaban J connectivity index is 2.16. The highest BCUT2D eigenvalue weighted by Crippen LogP contribution is 2.31. The smallest absolute Gasteiger partial charge is 0.228 e. The summed E-state index contributed by atoms with van der Waals surface area (Å²) in [7, 11) is 0. The second kappa shape index (κ2) is 16.1. The van der Waals surface area contributed by atoms with Crippen LogP contribution in [0.1, 0.15) is 96.0 Å². The summed E-state index contributed by atoms with van der Waals surface area (Å²) >= 11 is 18.2. The minimum atomic E-state index is -1.64. The molecule has 0 spiro atoms. The standard InChI is InChI=1S/C24H39Cl3N2O/c1-3-4-5-6-7-8-9-10-11-12-13-14-18-22(30)29-23(24(25,26)27)28-21-17-15-16-20(2)19-21/h15-17,19,23,28H,3-14,18H2,1-2H3,(H,29,30). The van der Waals surface area contributed by atoms with E-state index < -0.39 is 9.96 Å². The summed E-state index contributed by atoms with van der Waals surface area (Å²) in [6, 6.07) is 7.73. The summed E-state index contributed by atoms with van der Waals surface area (Å²) < 4.78 is -1.64. The molecule has 1 aromatic rings. The van der Waals surface area contributed by atoms with Crippen LogP contribution in [0.4, 0.5) is 5.69 Å². The number of aryl methyl sites for hydroxylation is 1. The highest BCUT2D eigenvalue weighted by atomic mass is 35.6. The molecule has 0 aromatic heterocycles. The molecule has 0 aliphatic carbocycles. The van der Waals surface area contributed by atoms with Gasteiger partial charge in [0.25, 0.3) is 0 Å². The van der Waals surface area contributed by atoms with E-state index in [-0.39, 0.29) is 5.91 Å². The summed E-state index contributed by atoms with van der Waals surface area (Å²) in [5.41, 5.74) is 1.89. The molecule has 1 rings (SSSR count). The molecular formula is C24H39Cl3N2O. The summed E-state index contributed by atoms with van der Waals surface area (Å²) in [5, 5.41) is 5.93. The lowest BCUT2D eigenvalue weighted by molar-refractivity contribution is -0.121. The minimum Gasteiger partial charge on any atom is -0.362 e. The first-order valence-electron chi connectivity index (χ1n) is 11.5. The third-order valence-corrected chi connectivity index (χ3v) is 5.87. The lowest BCUT2D eigenvalue weighted by atomic mass is 10.0. The number of benzene rings is 1. The molecule has 0 radical (unpaired) electrons. The van der Waals surface area contributed by atoms with Gasteiger partial charge in [0.1, 0.15) is 6.17 Å². The molecule has 0 saturated carbocycles. The van der Waals surface area contributed by atoms with E-state index in [1.165, 1.54) is 64.2 Å².